The quantitative estimate of drug-likeness (QED) is 0.738. The van der Waals surface area contributed by atoms with Gasteiger partial charge in [0.05, 0.1) is 26.2 Å². The second-order valence-electron chi connectivity index (χ2n) is 4.65. The fraction of sp³-hybridized carbons (Fsp3) is 0.909. The predicted molar refractivity (Wildman–Crippen MR) is 62.6 cm³/mol. The average molecular weight is 240 g/mol. The third-order valence-electron chi connectivity index (χ3n) is 3.33. The van der Waals surface area contributed by atoms with Crippen LogP contribution < -0.4 is 4.90 Å². The molecule has 1 saturated heterocycles. The summed E-state index contributed by atoms with van der Waals surface area (Å²) in [5.41, 5.74) is 0. The van der Waals surface area contributed by atoms with Gasteiger partial charge in [-0.1, -0.05) is 0 Å². The van der Waals surface area contributed by atoms with Crippen LogP contribution in [0.2, 0.25) is 0 Å². The van der Waals surface area contributed by atoms with Crippen LogP contribution in [-0.4, -0.2) is 47.0 Å². The molecule has 0 radical (unpaired) electrons. The topological polar surface area (TPSA) is 57.3 Å². The average Bonchev–Trinajstić information content (AvgIpc) is 2.61. The van der Waals surface area contributed by atoms with E-state index in [2.05, 4.69) is 15.5 Å². The maximum Gasteiger partial charge on any atom is 0.206 e. The number of rotatable bonds is 5. The zero-order chi connectivity index (χ0) is 11.9. The van der Waals surface area contributed by atoms with Gasteiger partial charge in [-0.15, -0.1) is 5.10 Å². The number of likely N-dealkylation sites (tertiary alicyclic amines) is 1. The zero-order valence-corrected chi connectivity index (χ0v) is 10.6. The van der Waals surface area contributed by atoms with Crippen LogP contribution in [0.3, 0.4) is 0 Å². The van der Waals surface area contributed by atoms with E-state index in [4.69, 9.17) is 4.74 Å². The third kappa shape index (κ3) is 3.74. The van der Waals surface area contributed by atoms with E-state index in [1.807, 2.05) is 4.68 Å². The van der Waals surface area contributed by atoms with Crippen LogP contribution >= 0.6 is 0 Å². The van der Waals surface area contributed by atoms with Crippen molar-refractivity contribution in [3.63, 3.8) is 0 Å². The molecule has 0 saturated carbocycles. The van der Waals surface area contributed by atoms with Crippen LogP contribution in [-0.2, 0) is 17.8 Å². The van der Waals surface area contributed by atoms with Gasteiger partial charge in [-0.2, -0.15) is 0 Å². The summed E-state index contributed by atoms with van der Waals surface area (Å²) < 4.78 is 6.92. The van der Waals surface area contributed by atoms with Gasteiger partial charge in [0, 0.05) is 7.11 Å². The second-order valence-corrected chi connectivity index (χ2v) is 4.65. The van der Waals surface area contributed by atoms with Crippen molar-refractivity contribution in [2.24, 2.45) is 0 Å². The number of aromatic nitrogens is 4. The summed E-state index contributed by atoms with van der Waals surface area (Å²) in [6.07, 6.45) is 5.40. The van der Waals surface area contributed by atoms with Crippen molar-refractivity contribution in [2.75, 3.05) is 26.8 Å². The van der Waals surface area contributed by atoms with E-state index in [9.17, 15) is 0 Å². The SMILES string of the molecule is COCCn1nnnc1C[NH+]1CCCCCC1. The maximum absolute atomic E-state index is 5.06. The highest BCUT2D eigenvalue weighted by Crippen LogP contribution is 2.00. The number of tetrazole rings is 1. The lowest BCUT2D eigenvalue weighted by molar-refractivity contribution is -0.913. The molecular formula is C11H22N5O+. The lowest BCUT2D eigenvalue weighted by atomic mass is 10.2. The van der Waals surface area contributed by atoms with Gasteiger partial charge in [0.2, 0.25) is 5.82 Å². The Morgan fingerprint density at radius 3 is 2.71 bits per heavy atom. The van der Waals surface area contributed by atoms with Gasteiger partial charge in [-0.3, -0.25) is 0 Å². The van der Waals surface area contributed by atoms with Gasteiger partial charge in [-0.05, 0) is 36.1 Å². The number of nitrogens with one attached hydrogen (secondary N) is 1. The van der Waals surface area contributed by atoms with Crippen LogP contribution in [0.25, 0.3) is 0 Å². The molecule has 96 valence electrons. The largest absolute Gasteiger partial charge is 0.383 e. The molecule has 17 heavy (non-hydrogen) atoms. The molecule has 1 N–H and O–H groups in total. The van der Waals surface area contributed by atoms with E-state index >= 15 is 0 Å². The van der Waals surface area contributed by atoms with E-state index < -0.39 is 0 Å². The van der Waals surface area contributed by atoms with Crippen molar-refractivity contribution >= 4 is 0 Å². The van der Waals surface area contributed by atoms with Crippen LogP contribution in [0, 0.1) is 0 Å². The molecule has 0 amide bonds. The summed E-state index contributed by atoms with van der Waals surface area (Å²) in [7, 11) is 1.70. The molecule has 0 aliphatic carbocycles. The Hall–Kier alpha value is -1.01. The maximum atomic E-state index is 5.06. The third-order valence-corrected chi connectivity index (χ3v) is 3.33. The smallest absolute Gasteiger partial charge is 0.206 e. The number of methoxy groups -OCH3 is 1. The molecule has 0 spiro atoms. The summed E-state index contributed by atoms with van der Waals surface area (Å²) in [6.45, 7) is 4.84. The number of nitrogens with zero attached hydrogens (tertiary/aromatic N) is 4. The molecule has 1 aliphatic rings. The number of quaternary nitrogens is 1. The Kier molecular flexibility index (Phi) is 4.88. The molecule has 0 aromatic carbocycles. The molecule has 1 fully saturated rings. The van der Waals surface area contributed by atoms with Crippen LogP contribution in [0.15, 0.2) is 0 Å². The molecule has 2 rings (SSSR count). The number of hydrogen-bond donors (Lipinski definition) is 1. The van der Waals surface area contributed by atoms with Gasteiger partial charge < -0.3 is 9.64 Å². The Morgan fingerprint density at radius 2 is 2.00 bits per heavy atom. The minimum absolute atomic E-state index is 0.660. The van der Waals surface area contributed by atoms with E-state index in [1.54, 1.807) is 12.0 Å². The molecule has 1 aromatic rings. The summed E-state index contributed by atoms with van der Waals surface area (Å²) >= 11 is 0. The lowest BCUT2D eigenvalue weighted by Gasteiger charge is -2.16. The fourth-order valence-corrected chi connectivity index (χ4v) is 2.33. The van der Waals surface area contributed by atoms with Crippen molar-refractivity contribution in [2.45, 2.75) is 38.8 Å². The van der Waals surface area contributed by atoms with Crippen molar-refractivity contribution in [1.82, 2.24) is 20.2 Å². The molecule has 0 atom stereocenters. The first kappa shape index (κ1) is 12.4. The molecule has 0 unspecified atom stereocenters. The molecular weight excluding hydrogens is 218 g/mol. The van der Waals surface area contributed by atoms with E-state index in [-0.39, 0.29) is 0 Å². The first-order valence-electron chi connectivity index (χ1n) is 6.47. The minimum atomic E-state index is 0.660. The van der Waals surface area contributed by atoms with Crippen LogP contribution in [0.5, 0.6) is 0 Å². The predicted octanol–water partition coefficient (Wildman–Crippen LogP) is -0.722. The highest BCUT2D eigenvalue weighted by Gasteiger charge is 2.16. The highest BCUT2D eigenvalue weighted by atomic mass is 16.5. The Balaban J connectivity index is 1.90. The molecule has 6 heteroatoms. The van der Waals surface area contributed by atoms with Gasteiger partial charge in [0.15, 0.2) is 0 Å². The number of ether oxygens (including phenoxy) is 1. The highest BCUT2D eigenvalue weighted by molar-refractivity contribution is 4.76. The van der Waals surface area contributed by atoms with Gasteiger partial charge >= 0.3 is 0 Å². The standard InChI is InChI=1S/C11H21N5O/c1-17-9-8-16-11(12-13-14-16)10-15-6-4-2-3-5-7-15/h2-10H2,1H3/p+1. The normalized spacial score (nSPS) is 18.2. The van der Waals surface area contributed by atoms with Gasteiger partial charge in [0.1, 0.15) is 6.54 Å². The second kappa shape index (κ2) is 6.66. The summed E-state index contributed by atoms with van der Waals surface area (Å²) in [4.78, 5) is 1.61. The minimum Gasteiger partial charge on any atom is -0.383 e. The first-order valence-corrected chi connectivity index (χ1v) is 6.47. The first-order chi connectivity index (χ1) is 8.40. The molecule has 1 aliphatic heterocycles. The van der Waals surface area contributed by atoms with Crippen molar-refractivity contribution in [3.05, 3.63) is 5.82 Å². The van der Waals surface area contributed by atoms with Crippen molar-refractivity contribution < 1.29 is 9.64 Å². The van der Waals surface area contributed by atoms with Crippen LogP contribution in [0.1, 0.15) is 31.5 Å². The number of hydrogen-bond acceptors (Lipinski definition) is 4. The van der Waals surface area contributed by atoms with E-state index in [0.717, 1.165) is 18.9 Å². The Morgan fingerprint density at radius 1 is 1.24 bits per heavy atom. The molecule has 0 bridgehead atoms. The van der Waals surface area contributed by atoms with Crippen LogP contribution in [0.4, 0.5) is 0 Å². The van der Waals surface area contributed by atoms with E-state index in [1.165, 1.54) is 38.8 Å². The molecule has 6 nitrogen and oxygen atoms in total. The fourth-order valence-electron chi connectivity index (χ4n) is 2.33. The summed E-state index contributed by atoms with van der Waals surface area (Å²) in [6, 6.07) is 0. The zero-order valence-electron chi connectivity index (χ0n) is 10.6. The van der Waals surface area contributed by atoms with Gasteiger partial charge in [-0.25, -0.2) is 4.68 Å². The van der Waals surface area contributed by atoms with Crippen molar-refractivity contribution in [1.29, 1.82) is 0 Å². The summed E-state index contributed by atoms with van der Waals surface area (Å²) in [5.74, 6) is 0.985. The Bertz CT molecular complexity index is 319. The molecule has 1 aromatic heterocycles. The Labute approximate surface area is 102 Å². The van der Waals surface area contributed by atoms with Gasteiger partial charge in [0.25, 0.3) is 0 Å². The summed E-state index contributed by atoms with van der Waals surface area (Å²) in [5, 5.41) is 11.9. The van der Waals surface area contributed by atoms with E-state index in [0.29, 0.717) is 6.61 Å². The lowest BCUT2D eigenvalue weighted by Crippen LogP contribution is -3.10. The molecule has 2 heterocycles. The van der Waals surface area contributed by atoms with Crippen molar-refractivity contribution in [3.8, 4) is 0 Å². The monoisotopic (exact) mass is 240 g/mol.